The van der Waals surface area contributed by atoms with Crippen molar-refractivity contribution in [2.24, 2.45) is 0 Å². The van der Waals surface area contributed by atoms with Crippen LogP contribution in [0.2, 0.25) is 0 Å². The number of nitrogens with zero attached hydrogens (tertiary/aromatic N) is 2. The second-order valence-electron chi connectivity index (χ2n) is 4.79. The zero-order valence-electron chi connectivity index (χ0n) is 12.6. The molecule has 1 heterocycles. The lowest BCUT2D eigenvalue weighted by Gasteiger charge is -2.27. The first-order valence-corrected chi connectivity index (χ1v) is 7.34. The van der Waals surface area contributed by atoms with Gasteiger partial charge in [-0.05, 0) is 44.7 Å². The first-order valence-electron chi connectivity index (χ1n) is 7.34. The number of aromatic nitrogens is 1. The summed E-state index contributed by atoms with van der Waals surface area (Å²) in [6.45, 7) is 13.1. The molecule has 0 aliphatic rings. The Morgan fingerprint density at radius 3 is 2.11 bits per heavy atom. The van der Waals surface area contributed by atoms with Crippen LogP contribution in [0.1, 0.15) is 57.4 Å². The largest absolute Gasteiger partial charge is 0.370 e. The summed E-state index contributed by atoms with van der Waals surface area (Å²) in [5.41, 5.74) is 5.30. The molecule has 0 aliphatic heterocycles. The van der Waals surface area contributed by atoms with E-state index in [2.05, 4.69) is 50.7 Å². The lowest BCUT2D eigenvalue weighted by Crippen LogP contribution is -2.25. The van der Waals surface area contributed by atoms with E-state index in [1.807, 2.05) is 0 Å². The van der Waals surface area contributed by atoms with Crippen molar-refractivity contribution in [3.05, 3.63) is 23.0 Å². The lowest BCUT2D eigenvalue weighted by atomic mass is 10.00. The van der Waals surface area contributed by atoms with Crippen LogP contribution in [-0.4, -0.2) is 18.1 Å². The predicted octanol–water partition coefficient (Wildman–Crippen LogP) is 3.94. The summed E-state index contributed by atoms with van der Waals surface area (Å²) in [6, 6.07) is 0. The average molecular weight is 247 g/mol. The van der Waals surface area contributed by atoms with Crippen molar-refractivity contribution < 1.29 is 0 Å². The molecular formula is C16H27N2. The van der Waals surface area contributed by atoms with Gasteiger partial charge in [0.1, 0.15) is 0 Å². The highest BCUT2D eigenvalue weighted by Crippen LogP contribution is 2.28. The fraction of sp³-hybridized carbons (Fsp3) is 0.688. The number of anilines is 1. The van der Waals surface area contributed by atoms with Gasteiger partial charge in [-0.25, -0.2) is 4.98 Å². The summed E-state index contributed by atoms with van der Waals surface area (Å²) in [6.07, 6.45) is 7.71. The quantitative estimate of drug-likeness (QED) is 0.725. The Labute approximate surface area is 112 Å². The fourth-order valence-corrected chi connectivity index (χ4v) is 2.50. The fourth-order valence-electron chi connectivity index (χ4n) is 2.50. The van der Waals surface area contributed by atoms with Crippen LogP contribution in [0.5, 0.6) is 0 Å². The average Bonchev–Trinajstić information content (AvgIpc) is 2.37. The minimum absolute atomic E-state index is 1.05. The van der Waals surface area contributed by atoms with Crippen molar-refractivity contribution in [1.82, 2.24) is 4.98 Å². The smallest absolute Gasteiger partial charge is 0.0925 e. The zero-order chi connectivity index (χ0) is 13.5. The summed E-state index contributed by atoms with van der Waals surface area (Å²) >= 11 is 0. The Kier molecular flexibility index (Phi) is 6.17. The van der Waals surface area contributed by atoms with Gasteiger partial charge in [-0.1, -0.05) is 26.7 Å². The van der Waals surface area contributed by atoms with Gasteiger partial charge >= 0.3 is 0 Å². The van der Waals surface area contributed by atoms with Gasteiger partial charge in [-0.3, -0.25) is 0 Å². The number of aryl methyl sites for hydroxylation is 2. The number of pyridine rings is 1. The monoisotopic (exact) mass is 247 g/mol. The van der Waals surface area contributed by atoms with E-state index in [0.29, 0.717) is 0 Å². The van der Waals surface area contributed by atoms with E-state index in [-0.39, 0.29) is 0 Å². The van der Waals surface area contributed by atoms with Crippen LogP contribution < -0.4 is 4.90 Å². The second kappa shape index (κ2) is 7.40. The molecule has 0 amide bonds. The van der Waals surface area contributed by atoms with Crippen molar-refractivity contribution in [2.75, 3.05) is 18.0 Å². The molecule has 2 nitrogen and oxygen atoms in total. The van der Waals surface area contributed by atoms with Gasteiger partial charge in [0.25, 0.3) is 0 Å². The van der Waals surface area contributed by atoms with Crippen LogP contribution >= 0.6 is 0 Å². The minimum atomic E-state index is 1.05. The number of hydrogen-bond donors (Lipinski definition) is 0. The SMILES string of the molecule is CCCc1n[c]c(C)c(CCC)c1N(CC)CC. The van der Waals surface area contributed by atoms with Crippen molar-refractivity contribution in [2.45, 2.75) is 60.3 Å². The van der Waals surface area contributed by atoms with Gasteiger partial charge in [-0.2, -0.15) is 0 Å². The first kappa shape index (κ1) is 15.0. The Bertz CT molecular complexity index is 368. The third-order valence-corrected chi connectivity index (χ3v) is 3.44. The molecule has 0 unspecified atom stereocenters. The van der Waals surface area contributed by atoms with Crippen LogP contribution in [0.25, 0.3) is 0 Å². The van der Waals surface area contributed by atoms with Gasteiger partial charge in [-0.15, -0.1) is 0 Å². The summed E-state index contributed by atoms with van der Waals surface area (Å²) in [7, 11) is 0. The highest BCUT2D eigenvalue weighted by Gasteiger charge is 2.16. The predicted molar refractivity (Wildman–Crippen MR) is 79.4 cm³/mol. The topological polar surface area (TPSA) is 16.1 Å². The summed E-state index contributed by atoms with van der Waals surface area (Å²) in [4.78, 5) is 7.01. The summed E-state index contributed by atoms with van der Waals surface area (Å²) in [5.74, 6) is 0. The Morgan fingerprint density at radius 1 is 1.00 bits per heavy atom. The van der Waals surface area contributed by atoms with Crippen molar-refractivity contribution in [3.63, 3.8) is 0 Å². The normalized spacial score (nSPS) is 10.7. The highest BCUT2D eigenvalue weighted by atomic mass is 15.1. The molecular weight excluding hydrogens is 220 g/mol. The molecule has 1 aromatic rings. The van der Waals surface area contributed by atoms with Gasteiger partial charge in [0, 0.05) is 13.1 Å². The zero-order valence-corrected chi connectivity index (χ0v) is 12.6. The van der Waals surface area contributed by atoms with E-state index >= 15 is 0 Å². The number of rotatable bonds is 7. The molecule has 1 radical (unpaired) electrons. The van der Waals surface area contributed by atoms with Crippen LogP contribution in [0.15, 0.2) is 0 Å². The van der Waals surface area contributed by atoms with E-state index in [0.717, 1.165) is 32.4 Å². The van der Waals surface area contributed by atoms with E-state index < -0.39 is 0 Å². The second-order valence-corrected chi connectivity index (χ2v) is 4.79. The molecule has 2 heteroatoms. The molecule has 0 spiro atoms. The van der Waals surface area contributed by atoms with E-state index in [4.69, 9.17) is 0 Å². The first-order chi connectivity index (χ1) is 8.69. The van der Waals surface area contributed by atoms with Gasteiger partial charge in [0.2, 0.25) is 0 Å². The van der Waals surface area contributed by atoms with Gasteiger partial charge in [0.15, 0.2) is 0 Å². The van der Waals surface area contributed by atoms with Gasteiger partial charge < -0.3 is 4.90 Å². The van der Waals surface area contributed by atoms with Crippen molar-refractivity contribution in [1.29, 1.82) is 0 Å². The molecule has 0 bridgehead atoms. The summed E-state index contributed by atoms with van der Waals surface area (Å²) < 4.78 is 0. The molecule has 0 fully saturated rings. The molecule has 0 aliphatic carbocycles. The molecule has 0 saturated heterocycles. The molecule has 0 N–H and O–H groups in total. The molecule has 18 heavy (non-hydrogen) atoms. The maximum absolute atomic E-state index is 4.56. The maximum Gasteiger partial charge on any atom is 0.0925 e. The van der Waals surface area contributed by atoms with Gasteiger partial charge in [0.05, 0.1) is 17.6 Å². The molecule has 0 saturated carbocycles. The van der Waals surface area contributed by atoms with Crippen LogP contribution in [-0.2, 0) is 12.8 Å². The summed E-state index contributed by atoms with van der Waals surface area (Å²) in [5, 5.41) is 0. The highest BCUT2D eigenvalue weighted by molar-refractivity contribution is 5.59. The lowest BCUT2D eigenvalue weighted by molar-refractivity contribution is 0.795. The standard InChI is InChI=1S/C16H27N2/c1-6-10-14-13(5)12-17-15(11-7-2)16(14)18(8-3)9-4/h6-11H2,1-5H3. The Hall–Kier alpha value is -1.05. The van der Waals surface area contributed by atoms with E-state index in [9.17, 15) is 0 Å². The molecule has 0 aromatic carbocycles. The third kappa shape index (κ3) is 3.24. The number of hydrogen-bond acceptors (Lipinski definition) is 2. The van der Waals surface area contributed by atoms with E-state index in [1.54, 1.807) is 0 Å². The molecule has 0 atom stereocenters. The van der Waals surface area contributed by atoms with Crippen LogP contribution in [0, 0.1) is 13.1 Å². The molecule has 1 rings (SSSR count). The van der Waals surface area contributed by atoms with Crippen molar-refractivity contribution in [3.8, 4) is 0 Å². The molecule has 101 valence electrons. The van der Waals surface area contributed by atoms with Crippen molar-refractivity contribution >= 4 is 5.69 Å². The van der Waals surface area contributed by atoms with Crippen LogP contribution in [0.3, 0.4) is 0 Å². The Balaban J connectivity index is 3.31. The maximum atomic E-state index is 4.56. The minimum Gasteiger partial charge on any atom is -0.370 e. The Morgan fingerprint density at radius 2 is 1.61 bits per heavy atom. The van der Waals surface area contributed by atoms with Crippen LogP contribution in [0.4, 0.5) is 5.69 Å². The van der Waals surface area contributed by atoms with E-state index in [1.165, 1.54) is 28.9 Å². The third-order valence-electron chi connectivity index (χ3n) is 3.44. The molecule has 1 aromatic heterocycles.